The minimum Gasteiger partial charge on any atom is -0.251 e. The van der Waals surface area contributed by atoms with Gasteiger partial charge in [-0.15, -0.1) is 11.3 Å². The number of aliphatic imine (C=N–C) groups is 2. The number of hydrogen-bond donors (Lipinski definition) is 0. The molecule has 2 aliphatic rings. The van der Waals surface area contributed by atoms with Gasteiger partial charge in [0.05, 0.1) is 4.88 Å². The van der Waals surface area contributed by atoms with Crippen molar-refractivity contribution in [2.24, 2.45) is 9.98 Å². The quantitative estimate of drug-likeness (QED) is 0.678. The molecule has 0 radical (unpaired) electrons. The molecule has 0 atom stereocenters. The summed E-state index contributed by atoms with van der Waals surface area (Å²) in [6, 6.07) is 13.0. The van der Waals surface area contributed by atoms with E-state index in [1.54, 1.807) is 11.3 Å². The van der Waals surface area contributed by atoms with Crippen LogP contribution in [0.3, 0.4) is 0 Å². The summed E-state index contributed by atoms with van der Waals surface area (Å²) < 4.78 is 0. The van der Waals surface area contributed by atoms with Gasteiger partial charge in [0.2, 0.25) is 0 Å². The molecule has 0 unspecified atom stereocenters. The Kier molecular flexibility index (Phi) is 4.59. The van der Waals surface area contributed by atoms with Gasteiger partial charge in [-0.05, 0) is 49.6 Å². The summed E-state index contributed by atoms with van der Waals surface area (Å²) >= 11 is 3.62. The minimum atomic E-state index is -0.160. The van der Waals surface area contributed by atoms with E-state index >= 15 is 0 Å². The molecule has 1 aliphatic heterocycles. The van der Waals surface area contributed by atoms with Crippen LogP contribution in [0.5, 0.6) is 0 Å². The van der Waals surface area contributed by atoms with Crippen molar-refractivity contribution in [1.29, 1.82) is 0 Å². The lowest BCUT2D eigenvalue weighted by Gasteiger charge is -2.27. The van der Waals surface area contributed by atoms with Gasteiger partial charge in [0.15, 0.2) is 5.66 Å². The van der Waals surface area contributed by atoms with Crippen LogP contribution in [0.15, 0.2) is 51.8 Å². The standard InChI is InChI=1S/C20H22N2S2/c1-15-7-5-8-16(13-15)14-24-19-18(17-9-6-12-23-17)21-20(22-19)10-3-2-4-11-20/h5-9,12-13H,2-4,10-11,14H2,1H3. The molecule has 1 spiro atoms. The summed E-state index contributed by atoms with van der Waals surface area (Å²) in [7, 11) is 0. The van der Waals surface area contributed by atoms with Crippen LogP contribution in [0, 0.1) is 6.92 Å². The van der Waals surface area contributed by atoms with E-state index in [1.165, 1.54) is 35.3 Å². The Labute approximate surface area is 152 Å². The predicted octanol–water partition coefficient (Wildman–Crippen LogP) is 5.85. The van der Waals surface area contributed by atoms with E-state index in [9.17, 15) is 0 Å². The second-order valence-electron chi connectivity index (χ2n) is 6.68. The fourth-order valence-corrected chi connectivity index (χ4v) is 5.28. The number of thioether (sulfide) groups is 1. The first-order valence-electron chi connectivity index (χ1n) is 8.66. The van der Waals surface area contributed by atoms with Crippen LogP contribution in [-0.4, -0.2) is 16.4 Å². The highest BCUT2D eigenvalue weighted by molar-refractivity contribution is 8.15. The maximum atomic E-state index is 5.14. The fraction of sp³-hybridized carbons (Fsp3) is 0.400. The largest absolute Gasteiger partial charge is 0.251 e. The van der Waals surface area contributed by atoms with Crippen LogP contribution < -0.4 is 0 Å². The molecule has 4 rings (SSSR count). The van der Waals surface area contributed by atoms with Gasteiger partial charge in [0.1, 0.15) is 10.8 Å². The Morgan fingerprint density at radius 2 is 1.96 bits per heavy atom. The zero-order valence-corrected chi connectivity index (χ0v) is 15.6. The van der Waals surface area contributed by atoms with Crippen LogP contribution >= 0.6 is 23.1 Å². The minimum absolute atomic E-state index is 0.160. The van der Waals surface area contributed by atoms with Crippen LogP contribution in [-0.2, 0) is 5.75 Å². The zero-order valence-electron chi connectivity index (χ0n) is 14.0. The van der Waals surface area contributed by atoms with Crippen molar-refractivity contribution in [2.45, 2.75) is 50.4 Å². The molecule has 1 aromatic carbocycles. The molecule has 1 aliphatic carbocycles. The molecule has 24 heavy (non-hydrogen) atoms. The van der Waals surface area contributed by atoms with Crippen LogP contribution in [0.4, 0.5) is 0 Å². The molecule has 2 aromatic rings. The van der Waals surface area contributed by atoms with Crippen molar-refractivity contribution in [3.63, 3.8) is 0 Å². The molecule has 2 heterocycles. The lowest BCUT2D eigenvalue weighted by Crippen LogP contribution is -2.25. The highest BCUT2D eigenvalue weighted by Gasteiger charge is 2.37. The highest BCUT2D eigenvalue weighted by atomic mass is 32.2. The summed E-state index contributed by atoms with van der Waals surface area (Å²) in [4.78, 5) is 11.5. The number of aryl methyl sites for hydroxylation is 1. The number of benzene rings is 1. The summed E-state index contributed by atoms with van der Waals surface area (Å²) in [5, 5.41) is 3.27. The van der Waals surface area contributed by atoms with Crippen molar-refractivity contribution >= 4 is 33.9 Å². The van der Waals surface area contributed by atoms with Gasteiger partial charge in [-0.25, -0.2) is 4.99 Å². The van der Waals surface area contributed by atoms with Gasteiger partial charge in [0, 0.05) is 5.75 Å². The molecule has 0 bridgehead atoms. The van der Waals surface area contributed by atoms with Crippen LogP contribution in [0.25, 0.3) is 0 Å². The van der Waals surface area contributed by atoms with Gasteiger partial charge in [-0.1, -0.05) is 54.1 Å². The lowest BCUT2D eigenvalue weighted by atomic mass is 9.90. The van der Waals surface area contributed by atoms with E-state index in [1.807, 2.05) is 11.8 Å². The van der Waals surface area contributed by atoms with Gasteiger partial charge >= 0.3 is 0 Å². The predicted molar refractivity (Wildman–Crippen MR) is 107 cm³/mol. The van der Waals surface area contributed by atoms with Gasteiger partial charge in [-0.2, -0.15) is 0 Å². The SMILES string of the molecule is Cc1cccc(CSC2=NC3(CCCCC3)N=C2c2cccs2)c1. The van der Waals surface area contributed by atoms with E-state index in [0.29, 0.717) is 0 Å². The molecule has 2 nitrogen and oxygen atoms in total. The third-order valence-electron chi connectivity index (χ3n) is 4.70. The average molecular weight is 355 g/mol. The fourth-order valence-electron chi connectivity index (χ4n) is 3.49. The lowest BCUT2D eigenvalue weighted by molar-refractivity contribution is 0.317. The van der Waals surface area contributed by atoms with Crippen molar-refractivity contribution < 1.29 is 0 Å². The first-order chi connectivity index (χ1) is 11.7. The van der Waals surface area contributed by atoms with Crippen molar-refractivity contribution in [1.82, 2.24) is 0 Å². The van der Waals surface area contributed by atoms with Crippen molar-refractivity contribution in [2.75, 3.05) is 0 Å². The number of thiophene rings is 1. The van der Waals surface area contributed by atoms with Gasteiger partial charge < -0.3 is 0 Å². The Morgan fingerprint density at radius 1 is 1.08 bits per heavy atom. The molecule has 0 N–H and O–H groups in total. The summed E-state index contributed by atoms with van der Waals surface area (Å²) in [6.07, 6.45) is 6.04. The van der Waals surface area contributed by atoms with E-state index in [-0.39, 0.29) is 5.66 Å². The normalized spacial score (nSPS) is 19.4. The van der Waals surface area contributed by atoms with Gasteiger partial charge in [-0.3, -0.25) is 4.99 Å². The first-order valence-corrected chi connectivity index (χ1v) is 10.5. The number of rotatable bonds is 3. The highest BCUT2D eigenvalue weighted by Crippen LogP contribution is 2.39. The van der Waals surface area contributed by atoms with Crippen LogP contribution in [0.1, 0.15) is 48.1 Å². The van der Waals surface area contributed by atoms with E-state index in [2.05, 4.69) is 48.7 Å². The second-order valence-corrected chi connectivity index (χ2v) is 8.59. The number of hydrogen-bond acceptors (Lipinski definition) is 4. The second kappa shape index (κ2) is 6.85. The average Bonchev–Trinajstić information content (AvgIpc) is 3.22. The monoisotopic (exact) mass is 354 g/mol. The topological polar surface area (TPSA) is 24.7 Å². The molecule has 0 amide bonds. The molecule has 4 heteroatoms. The first kappa shape index (κ1) is 16.1. The molecule has 1 aromatic heterocycles. The maximum absolute atomic E-state index is 5.14. The smallest absolute Gasteiger partial charge is 0.152 e. The third kappa shape index (κ3) is 3.35. The Balaban J connectivity index is 1.59. The molecule has 0 saturated heterocycles. The van der Waals surface area contributed by atoms with E-state index < -0.39 is 0 Å². The van der Waals surface area contributed by atoms with Crippen molar-refractivity contribution in [3.05, 3.63) is 57.8 Å². The van der Waals surface area contributed by atoms with E-state index in [4.69, 9.17) is 9.98 Å². The maximum Gasteiger partial charge on any atom is 0.152 e. The number of nitrogens with zero attached hydrogens (tertiary/aromatic N) is 2. The third-order valence-corrected chi connectivity index (χ3v) is 6.61. The summed E-state index contributed by atoms with van der Waals surface area (Å²) in [5.41, 5.74) is 3.65. The Morgan fingerprint density at radius 3 is 2.71 bits per heavy atom. The summed E-state index contributed by atoms with van der Waals surface area (Å²) in [5.74, 6) is 0.959. The summed E-state index contributed by atoms with van der Waals surface area (Å²) in [6.45, 7) is 2.15. The molecular formula is C20H22N2S2. The van der Waals surface area contributed by atoms with Crippen molar-refractivity contribution in [3.8, 4) is 0 Å². The Bertz CT molecular complexity index is 769. The molecule has 1 saturated carbocycles. The van der Waals surface area contributed by atoms with Crippen LogP contribution in [0.2, 0.25) is 0 Å². The molecule has 1 fully saturated rings. The molecule has 124 valence electrons. The Hall–Kier alpha value is -1.39. The van der Waals surface area contributed by atoms with Gasteiger partial charge in [0.25, 0.3) is 0 Å². The van der Waals surface area contributed by atoms with E-state index in [0.717, 1.165) is 29.3 Å². The molecular weight excluding hydrogens is 332 g/mol. The zero-order chi connectivity index (χ0) is 16.4.